The number of anilines is 1. The molecular formula is C39H43ClN2O3S. The highest BCUT2D eigenvalue weighted by Gasteiger charge is 2.54. The Morgan fingerprint density at radius 2 is 1.98 bits per heavy atom. The number of ether oxygens (including phenoxy) is 1. The molecule has 1 spiro atoms. The van der Waals surface area contributed by atoms with E-state index in [-0.39, 0.29) is 5.41 Å². The molecule has 0 saturated heterocycles. The van der Waals surface area contributed by atoms with Gasteiger partial charge in [-0.25, -0.2) is 4.79 Å². The topological polar surface area (TPSA) is 71.5 Å². The molecule has 1 fully saturated rings. The molecule has 4 aromatic rings. The summed E-state index contributed by atoms with van der Waals surface area (Å²) >= 11 is 7.99. The zero-order chi connectivity index (χ0) is 31.9. The van der Waals surface area contributed by atoms with Crippen molar-refractivity contribution in [2.45, 2.75) is 88.5 Å². The van der Waals surface area contributed by atoms with Crippen LogP contribution in [0.25, 0.3) is 11.1 Å². The second-order valence-electron chi connectivity index (χ2n) is 14.1. The van der Waals surface area contributed by atoms with Gasteiger partial charge in [-0.1, -0.05) is 49.7 Å². The van der Waals surface area contributed by atoms with Gasteiger partial charge in [0.05, 0.1) is 6.61 Å². The number of pyridine rings is 1. The van der Waals surface area contributed by atoms with Gasteiger partial charge in [0.2, 0.25) is 0 Å². The molecule has 0 aliphatic heterocycles. The summed E-state index contributed by atoms with van der Waals surface area (Å²) in [6.45, 7) is 5.28. The molecule has 1 saturated carbocycles. The summed E-state index contributed by atoms with van der Waals surface area (Å²) in [5.41, 5.74) is 7.50. The number of halogens is 1. The average molecular weight is 655 g/mol. The molecule has 0 amide bonds. The minimum atomic E-state index is -1.03. The van der Waals surface area contributed by atoms with Gasteiger partial charge in [0, 0.05) is 28.2 Å². The first kappa shape index (κ1) is 31.3. The van der Waals surface area contributed by atoms with Crippen LogP contribution in [0.15, 0.2) is 71.6 Å². The Hall–Kier alpha value is -3.35. The van der Waals surface area contributed by atoms with E-state index in [1.165, 1.54) is 46.4 Å². The predicted octanol–water partition coefficient (Wildman–Crippen LogP) is 9.93. The van der Waals surface area contributed by atoms with Crippen molar-refractivity contribution in [2.24, 2.45) is 11.8 Å². The van der Waals surface area contributed by atoms with Crippen molar-refractivity contribution in [3.05, 3.63) is 99.0 Å². The summed E-state index contributed by atoms with van der Waals surface area (Å²) in [4.78, 5) is 17.6. The van der Waals surface area contributed by atoms with E-state index in [1.54, 1.807) is 11.3 Å². The van der Waals surface area contributed by atoms with Gasteiger partial charge in [-0.15, -0.1) is 0 Å². The Bertz CT molecular complexity index is 1710. The summed E-state index contributed by atoms with van der Waals surface area (Å²) in [7, 11) is 0. The summed E-state index contributed by atoms with van der Waals surface area (Å²) in [6.07, 6.45) is 10.1. The molecule has 240 valence electrons. The minimum absolute atomic E-state index is 0.0745. The fraction of sp³-hybridized carbons (Fsp3) is 0.436. The van der Waals surface area contributed by atoms with Crippen LogP contribution in [-0.4, -0.2) is 28.2 Å². The van der Waals surface area contributed by atoms with Gasteiger partial charge >= 0.3 is 5.97 Å². The van der Waals surface area contributed by atoms with Crippen LogP contribution < -0.4 is 10.1 Å². The molecular weight excluding hydrogens is 612 g/mol. The van der Waals surface area contributed by atoms with Crippen LogP contribution >= 0.6 is 22.9 Å². The number of nitrogens with zero attached hydrogens (tertiary/aromatic N) is 1. The molecule has 7 heteroatoms. The second kappa shape index (κ2) is 12.7. The summed E-state index contributed by atoms with van der Waals surface area (Å²) in [6, 6.07) is 18.7. The number of hydrogen-bond acceptors (Lipinski definition) is 5. The molecule has 1 unspecified atom stereocenters. The maximum Gasteiger partial charge on any atom is 0.329 e. The number of fused-ring (bicyclic) bond motifs is 3. The number of aromatic nitrogens is 1. The van der Waals surface area contributed by atoms with Crippen molar-refractivity contribution < 1.29 is 14.6 Å². The molecule has 5 nitrogen and oxygen atoms in total. The van der Waals surface area contributed by atoms with Gasteiger partial charge in [-0.2, -0.15) is 11.3 Å². The highest BCUT2D eigenvalue weighted by atomic mass is 35.5. The Kier molecular flexibility index (Phi) is 8.62. The molecule has 3 aliphatic rings. The fourth-order valence-electron chi connectivity index (χ4n) is 8.71. The number of carboxylic acids is 1. The van der Waals surface area contributed by atoms with Crippen molar-refractivity contribution in [3.63, 3.8) is 0 Å². The minimum Gasteiger partial charge on any atom is -0.493 e. The Labute approximate surface area is 281 Å². The van der Waals surface area contributed by atoms with Crippen molar-refractivity contribution in [1.82, 2.24) is 4.98 Å². The molecule has 2 aromatic heterocycles. The molecule has 3 atom stereocenters. The predicted molar refractivity (Wildman–Crippen MR) is 187 cm³/mol. The van der Waals surface area contributed by atoms with E-state index < -0.39 is 11.5 Å². The number of aliphatic carboxylic acids is 1. The maximum atomic E-state index is 12.9. The largest absolute Gasteiger partial charge is 0.493 e. The van der Waals surface area contributed by atoms with E-state index in [9.17, 15) is 9.90 Å². The van der Waals surface area contributed by atoms with E-state index in [2.05, 4.69) is 59.2 Å². The fourth-order valence-corrected chi connectivity index (χ4v) is 9.56. The van der Waals surface area contributed by atoms with Gasteiger partial charge in [0.1, 0.15) is 11.3 Å². The van der Waals surface area contributed by atoms with Gasteiger partial charge in [-0.05, 0) is 144 Å². The quantitative estimate of drug-likeness (QED) is 0.188. The monoisotopic (exact) mass is 654 g/mol. The van der Waals surface area contributed by atoms with Crippen LogP contribution in [0.1, 0.15) is 87.1 Å². The summed E-state index contributed by atoms with van der Waals surface area (Å²) < 4.78 is 6.57. The lowest BCUT2D eigenvalue weighted by Gasteiger charge is -2.47. The van der Waals surface area contributed by atoms with Gasteiger partial charge in [0.25, 0.3) is 0 Å². The van der Waals surface area contributed by atoms with Crippen LogP contribution in [-0.2, 0) is 23.1 Å². The smallest absolute Gasteiger partial charge is 0.329 e. The second-order valence-corrected chi connectivity index (χ2v) is 15.3. The Balaban J connectivity index is 1.15. The lowest BCUT2D eigenvalue weighted by atomic mass is 9.59. The molecule has 3 aliphatic carbocycles. The SMILES string of the molecule is C[C@@H](COc1ccnc2c1[C@H](C)CCC2)CC1Cc2ccc(-c3ccsc3)cc2C12CCC(Nc1cccc(Cl)c1)(C(=O)O)CC2. The zero-order valence-electron chi connectivity index (χ0n) is 26.7. The standard InChI is InChI=1S/C39H43ClN2O3S/c1-25(23-45-35-11-17-41-34-8-3-5-26(2)36(34)35)19-30-20-28-10-9-27(29-12-18-46-24-29)21-33(28)38(30)13-15-39(16-14-38,37(43)44)42-32-7-4-6-31(40)22-32/h4,6-7,9-12,17-18,21-22,24-26,30,42H,3,5,8,13-16,19-20,23H2,1-2H3,(H,43,44)/t25-,26-,30?,38?,39?/m1/s1. The summed E-state index contributed by atoms with van der Waals surface area (Å²) in [5, 5.41) is 18.9. The number of rotatable bonds is 9. The number of carbonyl (C=O) groups is 1. The number of aryl methyl sites for hydroxylation is 1. The van der Waals surface area contributed by atoms with E-state index in [1.807, 2.05) is 36.5 Å². The van der Waals surface area contributed by atoms with Crippen LogP contribution in [0.2, 0.25) is 5.02 Å². The van der Waals surface area contributed by atoms with Crippen molar-refractivity contribution in [1.29, 1.82) is 0 Å². The number of carboxylic acid groups (broad SMARTS) is 1. The van der Waals surface area contributed by atoms with Crippen molar-refractivity contribution in [3.8, 4) is 16.9 Å². The third-order valence-electron chi connectivity index (χ3n) is 11.1. The number of benzene rings is 2. The van der Waals surface area contributed by atoms with E-state index in [0.29, 0.717) is 42.2 Å². The molecule has 0 bridgehead atoms. The number of hydrogen-bond donors (Lipinski definition) is 2. The van der Waals surface area contributed by atoms with Gasteiger partial charge in [-0.3, -0.25) is 4.98 Å². The maximum absolute atomic E-state index is 12.9. The van der Waals surface area contributed by atoms with Gasteiger partial charge in [0.15, 0.2) is 0 Å². The highest BCUT2D eigenvalue weighted by molar-refractivity contribution is 7.08. The Morgan fingerprint density at radius 3 is 2.74 bits per heavy atom. The number of thiophene rings is 1. The first-order valence-corrected chi connectivity index (χ1v) is 18.1. The molecule has 7 rings (SSSR count). The normalized spacial score (nSPS) is 25.9. The van der Waals surface area contributed by atoms with Crippen molar-refractivity contribution >= 4 is 34.6 Å². The first-order valence-electron chi connectivity index (χ1n) is 16.8. The third-order valence-corrected chi connectivity index (χ3v) is 12.1. The molecule has 0 radical (unpaired) electrons. The highest BCUT2D eigenvalue weighted by Crippen LogP contribution is 2.57. The zero-order valence-corrected chi connectivity index (χ0v) is 28.3. The summed E-state index contributed by atoms with van der Waals surface area (Å²) in [5.74, 6) is 1.46. The van der Waals surface area contributed by atoms with Crippen LogP contribution in [0.3, 0.4) is 0 Å². The van der Waals surface area contributed by atoms with E-state index in [0.717, 1.165) is 43.5 Å². The molecule has 2 aromatic carbocycles. The van der Waals surface area contributed by atoms with Crippen molar-refractivity contribution in [2.75, 3.05) is 11.9 Å². The van der Waals surface area contributed by atoms with Crippen LogP contribution in [0.4, 0.5) is 5.69 Å². The Morgan fingerprint density at radius 1 is 1.13 bits per heavy atom. The first-order chi connectivity index (χ1) is 22.3. The molecule has 2 heterocycles. The third kappa shape index (κ3) is 5.84. The number of nitrogens with one attached hydrogen (secondary N) is 1. The molecule has 2 N–H and O–H groups in total. The van der Waals surface area contributed by atoms with E-state index in [4.69, 9.17) is 16.3 Å². The molecule has 46 heavy (non-hydrogen) atoms. The average Bonchev–Trinajstić information content (AvgIpc) is 3.68. The van der Waals surface area contributed by atoms with Crippen LogP contribution in [0.5, 0.6) is 5.75 Å². The van der Waals surface area contributed by atoms with E-state index >= 15 is 0 Å². The van der Waals surface area contributed by atoms with Gasteiger partial charge < -0.3 is 15.2 Å². The van der Waals surface area contributed by atoms with Crippen LogP contribution in [0, 0.1) is 11.8 Å². The lowest BCUT2D eigenvalue weighted by molar-refractivity contribution is -0.144. The lowest BCUT2D eigenvalue weighted by Crippen LogP contribution is -2.53.